The van der Waals surface area contributed by atoms with Gasteiger partial charge in [0.15, 0.2) is 0 Å². The molecule has 1 atom stereocenters. The Bertz CT molecular complexity index is 861. The highest BCUT2D eigenvalue weighted by atomic mass is 19.4. The molecule has 0 radical (unpaired) electrons. The highest BCUT2D eigenvalue weighted by molar-refractivity contribution is 5.77. The second-order valence-electron chi connectivity index (χ2n) is 7.83. The van der Waals surface area contributed by atoms with Crippen LogP contribution in [0.15, 0.2) is 54.6 Å². The van der Waals surface area contributed by atoms with Crippen molar-refractivity contribution in [1.82, 2.24) is 4.90 Å². The normalized spacial score (nSPS) is 16.2. The minimum absolute atomic E-state index is 0.00120. The molecule has 0 aliphatic carbocycles. The van der Waals surface area contributed by atoms with Gasteiger partial charge >= 0.3 is 6.18 Å². The lowest BCUT2D eigenvalue weighted by Gasteiger charge is -2.25. The summed E-state index contributed by atoms with van der Waals surface area (Å²) in [5.41, 5.74) is 0.870. The number of anilines is 1. The van der Waals surface area contributed by atoms with Crippen molar-refractivity contribution < 1.29 is 27.4 Å². The molecule has 2 aromatic rings. The zero-order chi connectivity index (χ0) is 23.0. The molecular formula is C24H29F3N2O3. The molecule has 0 spiro atoms. The van der Waals surface area contributed by atoms with E-state index >= 15 is 0 Å². The first-order valence-electron chi connectivity index (χ1n) is 10.7. The highest BCUT2D eigenvalue weighted by Gasteiger charge is 2.31. The molecule has 0 aromatic heterocycles. The number of ether oxygens (including phenoxy) is 2. The van der Waals surface area contributed by atoms with Gasteiger partial charge in [-0.05, 0) is 30.2 Å². The van der Waals surface area contributed by atoms with E-state index in [9.17, 15) is 18.0 Å². The van der Waals surface area contributed by atoms with Crippen LogP contribution in [0.25, 0.3) is 0 Å². The zero-order valence-electron chi connectivity index (χ0n) is 18.2. The fourth-order valence-corrected chi connectivity index (χ4v) is 3.73. The Morgan fingerprint density at radius 2 is 1.81 bits per heavy atom. The molecule has 174 valence electrons. The van der Waals surface area contributed by atoms with Crippen LogP contribution in [0.4, 0.5) is 18.9 Å². The molecule has 2 aromatic carbocycles. The zero-order valence-corrected chi connectivity index (χ0v) is 18.2. The van der Waals surface area contributed by atoms with E-state index in [2.05, 4.69) is 0 Å². The molecule has 1 aliphatic heterocycles. The molecular weight excluding hydrogens is 421 g/mol. The predicted octanol–water partition coefficient (Wildman–Crippen LogP) is 4.37. The largest absolute Gasteiger partial charge is 0.416 e. The molecule has 8 heteroatoms. The Morgan fingerprint density at radius 3 is 2.53 bits per heavy atom. The Balaban J connectivity index is 1.55. The van der Waals surface area contributed by atoms with E-state index in [0.717, 1.165) is 17.7 Å². The minimum atomic E-state index is -4.39. The first-order chi connectivity index (χ1) is 15.4. The van der Waals surface area contributed by atoms with Crippen molar-refractivity contribution in [1.29, 1.82) is 0 Å². The van der Waals surface area contributed by atoms with Crippen LogP contribution in [0.5, 0.6) is 0 Å². The Morgan fingerprint density at radius 1 is 1.03 bits per heavy atom. The molecule has 1 unspecified atom stereocenters. The average molecular weight is 451 g/mol. The maximum atomic E-state index is 13.0. The summed E-state index contributed by atoms with van der Waals surface area (Å²) in [6.07, 6.45) is -3.66. The van der Waals surface area contributed by atoms with Gasteiger partial charge in [-0.25, -0.2) is 0 Å². The number of amides is 1. The third kappa shape index (κ3) is 6.97. The third-order valence-electron chi connectivity index (χ3n) is 5.53. The van der Waals surface area contributed by atoms with Gasteiger partial charge in [0.25, 0.3) is 0 Å². The predicted molar refractivity (Wildman–Crippen MR) is 116 cm³/mol. The first kappa shape index (κ1) is 24.1. The van der Waals surface area contributed by atoms with Crippen LogP contribution >= 0.6 is 0 Å². The summed E-state index contributed by atoms with van der Waals surface area (Å²) in [6, 6.07) is 15.1. The number of rotatable bonds is 9. The summed E-state index contributed by atoms with van der Waals surface area (Å²) in [5, 5.41) is 0. The molecule has 5 nitrogen and oxygen atoms in total. The van der Waals surface area contributed by atoms with Crippen molar-refractivity contribution in [2.45, 2.75) is 31.7 Å². The molecule has 32 heavy (non-hydrogen) atoms. The molecule has 3 rings (SSSR count). The quantitative estimate of drug-likeness (QED) is 0.569. The summed E-state index contributed by atoms with van der Waals surface area (Å²) in [6.45, 7) is 2.72. The van der Waals surface area contributed by atoms with Crippen molar-refractivity contribution in [2.24, 2.45) is 0 Å². The SMILES string of the molecule is COCC(CCN1CCN(c2cccc(C(F)(F)F)c2)CCC1=O)OCc1ccccc1. The van der Waals surface area contributed by atoms with Gasteiger partial charge in [0.1, 0.15) is 0 Å². The lowest BCUT2D eigenvalue weighted by atomic mass is 10.1. The highest BCUT2D eigenvalue weighted by Crippen LogP contribution is 2.32. The van der Waals surface area contributed by atoms with Gasteiger partial charge in [-0.2, -0.15) is 13.2 Å². The minimum Gasteiger partial charge on any atom is -0.382 e. The second-order valence-corrected chi connectivity index (χ2v) is 7.83. The van der Waals surface area contributed by atoms with Gasteiger partial charge in [-0.3, -0.25) is 4.79 Å². The van der Waals surface area contributed by atoms with Crippen molar-refractivity contribution in [2.75, 3.05) is 44.8 Å². The van der Waals surface area contributed by atoms with E-state index in [1.165, 1.54) is 6.07 Å². The molecule has 0 bridgehead atoms. The number of carbonyl (C=O) groups is 1. The fourth-order valence-electron chi connectivity index (χ4n) is 3.73. The molecule has 1 amide bonds. The number of methoxy groups -OCH3 is 1. The number of carbonyl (C=O) groups excluding carboxylic acids is 1. The monoisotopic (exact) mass is 450 g/mol. The number of alkyl halides is 3. The molecule has 0 saturated carbocycles. The lowest BCUT2D eigenvalue weighted by Crippen LogP contribution is -2.36. The summed E-state index contributed by atoms with van der Waals surface area (Å²) < 4.78 is 50.4. The number of hydrogen-bond acceptors (Lipinski definition) is 4. The summed E-state index contributed by atoms with van der Waals surface area (Å²) in [5.74, 6) is -0.00120. The van der Waals surface area contributed by atoms with E-state index < -0.39 is 11.7 Å². The van der Waals surface area contributed by atoms with Crippen LogP contribution in [0.3, 0.4) is 0 Å². The molecule has 1 fully saturated rings. The fraction of sp³-hybridized carbons (Fsp3) is 0.458. The maximum Gasteiger partial charge on any atom is 0.416 e. The van der Waals surface area contributed by atoms with Crippen molar-refractivity contribution in [3.05, 3.63) is 65.7 Å². The summed E-state index contributed by atoms with van der Waals surface area (Å²) in [7, 11) is 1.61. The standard InChI is InChI=1S/C24H29F3N2O3/c1-31-18-22(32-17-19-6-3-2-4-7-19)10-12-29-15-14-28(13-11-23(29)30)21-9-5-8-20(16-21)24(25,26)27/h2-9,16,22H,10-15,17-18H2,1H3. The lowest BCUT2D eigenvalue weighted by molar-refractivity contribution is -0.137. The second kappa shape index (κ2) is 11.3. The number of benzene rings is 2. The Labute approximate surface area is 186 Å². The van der Waals surface area contributed by atoms with Crippen molar-refractivity contribution in [3.8, 4) is 0 Å². The van der Waals surface area contributed by atoms with E-state index in [4.69, 9.17) is 9.47 Å². The smallest absolute Gasteiger partial charge is 0.382 e. The number of nitrogens with zero attached hydrogens (tertiary/aromatic N) is 2. The van der Waals surface area contributed by atoms with Crippen LogP contribution in [0.2, 0.25) is 0 Å². The van der Waals surface area contributed by atoms with Gasteiger partial charge in [-0.1, -0.05) is 36.4 Å². The topological polar surface area (TPSA) is 42.0 Å². The molecule has 1 saturated heterocycles. The summed E-state index contributed by atoms with van der Waals surface area (Å²) >= 11 is 0. The van der Waals surface area contributed by atoms with Crippen LogP contribution in [0.1, 0.15) is 24.0 Å². The van der Waals surface area contributed by atoms with E-state index in [1.807, 2.05) is 35.2 Å². The van der Waals surface area contributed by atoms with Crippen LogP contribution < -0.4 is 4.90 Å². The number of halogens is 3. The van der Waals surface area contributed by atoms with Gasteiger partial charge in [0, 0.05) is 45.4 Å². The molecule has 1 heterocycles. The van der Waals surface area contributed by atoms with Crippen LogP contribution in [-0.2, 0) is 27.1 Å². The third-order valence-corrected chi connectivity index (χ3v) is 5.53. The first-order valence-corrected chi connectivity index (χ1v) is 10.7. The van der Waals surface area contributed by atoms with Gasteiger partial charge in [0.05, 0.1) is 24.9 Å². The maximum absolute atomic E-state index is 13.0. The Hall–Kier alpha value is -2.58. The summed E-state index contributed by atoms with van der Waals surface area (Å²) in [4.78, 5) is 16.2. The van der Waals surface area contributed by atoms with Crippen molar-refractivity contribution in [3.63, 3.8) is 0 Å². The molecule has 0 N–H and O–H groups in total. The van der Waals surface area contributed by atoms with Gasteiger partial charge in [0.2, 0.25) is 5.91 Å². The molecule has 1 aliphatic rings. The van der Waals surface area contributed by atoms with E-state index in [0.29, 0.717) is 51.5 Å². The van der Waals surface area contributed by atoms with Crippen LogP contribution in [0, 0.1) is 0 Å². The van der Waals surface area contributed by atoms with E-state index in [1.54, 1.807) is 18.1 Å². The number of hydrogen-bond donors (Lipinski definition) is 0. The van der Waals surface area contributed by atoms with Crippen LogP contribution in [-0.4, -0.2) is 56.8 Å². The van der Waals surface area contributed by atoms with Gasteiger partial charge in [-0.15, -0.1) is 0 Å². The van der Waals surface area contributed by atoms with E-state index in [-0.39, 0.29) is 18.4 Å². The average Bonchev–Trinajstić information content (AvgIpc) is 2.97. The van der Waals surface area contributed by atoms with Crippen molar-refractivity contribution >= 4 is 11.6 Å². The van der Waals surface area contributed by atoms with Gasteiger partial charge < -0.3 is 19.3 Å². The Kier molecular flexibility index (Phi) is 8.53.